The molecular weight excluding hydrogens is 248 g/mol. The van der Waals surface area contributed by atoms with Crippen molar-refractivity contribution in [2.45, 2.75) is 45.1 Å². The van der Waals surface area contributed by atoms with Crippen molar-refractivity contribution in [3.63, 3.8) is 0 Å². The van der Waals surface area contributed by atoms with Crippen molar-refractivity contribution < 1.29 is 5.11 Å². The van der Waals surface area contributed by atoms with E-state index in [9.17, 15) is 5.11 Å². The van der Waals surface area contributed by atoms with Gasteiger partial charge in [-0.15, -0.1) is 0 Å². The molecule has 2 aliphatic rings. The van der Waals surface area contributed by atoms with Crippen LogP contribution >= 0.6 is 0 Å². The average molecular weight is 274 g/mol. The van der Waals surface area contributed by atoms with E-state index in [1.54, 1.807) is 0 Å². The molecule has 1 heterocycles. The molecule has 0 aromatic carbocycles. The number of aromatic nitrogens is 1. The number of nitrogens with zero attached hydrogens (tertiary/aromatic N) is 2. The highest BCUT2D eigenvalue weighted by Gasteiger charge is 2.39. The minimum atomic E-state index is -0.431. The molecule has 4 atom stereocenters. The summed E-state index contributed by atoms with van der Waals surface area (Å²) >= 11 is 0. The largest absolute Gasteiger partial charge is 0.387 e. The SMILES string of the molecule is CC[C@@H](O)c1ccc(N(C)CC2CC3CCC2C3)cn1. The first-order valence-corrected chi connectivity index (χ1v) is 8.02. The number of fused-ring (bicyclic) bond motifs is 2. The minimum Gasteiger partial charge on any atom is -0.387 e. The molecule has 1 aromatic heterocycles. The molecular formula is C17H26N2O. The van der Waals surface area contributed by atoms with Gasteiger partial charge >= 0.3 is 0 Å². The highest BCUT2D eigenvalue weighted by molar-refractivity contribution is 5.44. The number of hydrogen-bond acceptors (Lipinski definition) is 3. The number of rotatable bonds is 5. The average Bonchev–Trinajstić information content (AvgIpc) is 3.09. The van der Waals surface area contributed by atoms with E-state index in [2.05, 4.69) is 23.0 Å². The topological polar surface area (TPSA) is 36.4 Å². The quantitative estimate of drug-likeness (QED) is 0.894. The molecule has 2 aliphatic carbocycles. The van der Waals surface area contributed by atoms with E-state index in [-0.39, 0.29) is 0 Å². The monoisotopic (exact) mass is 274 g/mol. The molecule has 3 nitrogen and oxygen atoms in total. The van der Waals surface area contributed by atoms with Gasteiger partial charge in [0, 0.05) is 13.6 Å². The van der Waals surface area contributed by atoms with Crippen LogP contribution in [0.1, 0.15) is 50.8 Å². The van der Waals surface area contributed by atoms with Crippen LogP contribution in [0.4, 0.5) is 5.69 Å². The van der Waals surface area contributed by atoms with Crippen LogP contribution in [0, 0.1) is 17.8 Å². The van der Waals surface area contributed by atoms with Crippen molar-refractivity contribution in [1.82, 2.24) is 4.98 Å². The number of anilines is 1. The molecule has 0 amide bonds. The summed E-state index contributed by atoms with van der Waals surface area (Å²) in [7, 11) is 2.17. The Bertz CT molecular complexity index is 445. The Kier molecular flexibility index (Phi) is 3.97. The van der Waals surface area contributed by atoms with Gasteiger partial charge in [0.2, 0.25) is 0 Å². The number of hydrogen-bond donors (Lipinski definition) is 1. The smallest absolute Gasteiger partial charge is 0.0957 e. The molecule has 2 fully saturated rings. The van der Waals surface area contributed by atoms with Gasteiger partial charge in [-0.25, -0.2) is 0 Å². The number of aliphatic hydroxyl groups is 1. The molecule has 0 aliphatic heterocycles. The normalized spacial score (nSPS) is 29.6. The highest BCUT2D eigenvalue weighted by atomic mass is 16.3. The second kappa shape index (κ2) is 5.72. The molecule has 1 N–H and O–H groups in total. The standard InChI is InChI=1S/C17H26N2O/c1-3-17(20)16-7-6-15(10-18-16)19(2)11-14-9-12-4-5-13(14)8-12/h6-7,10,12-14,17,20H,3-5,8-9,11H2,1-2H3/t12?,13?,14?,17-/m1/s1. The maximum absolute atomic E-state index is 9.78. The summed E-state index contributed by atoms with van der Waals surface area (Å²) in [5, 5.41) is 9.78. The van der Waals surface area contributed by atoms with Crippen molar-refractivity contribution in [3.8, 4) is 0 Å². The summed E-state index contributed by atoms with van der Waals surface area (Å²) in [5.41, 5.74) is 1.95. The predicted octanol–water partition coefficient (Wildman–Crippen LogP) is 3.40. The van der Waals surface area contributed by atoms with E-state index in [0.717, 1.165) is 30.0 Å². The van der Waals surface area contributed by atoms with Gasteiger partial charge in [0.25, 0.3) is 0 Å². The van der Waals surface area contributed by atoms with Gasteiger partial charge in [0.05, 0.1) is 23.7 Å². The fourth-order valence-electron chi connectivity index (χ4n) is 4.09. The maximum atomic E-state index is 9.78. The predicted molar refractivity (Wildman–Crippen MR) is 81.7 cm³/mol. The first-order valence-electron chi connectivity index (χ1n) is 8.02. The lowest BCUT2D eigenvalue weighted by atomic mass is 9.88. The fourth-order valence-corrected chi connectivity index (χ4v) is 4.09. The first-order chi connectivity index (χ1) is 9.67. The van der Waals surface area contributed by atoms with Gasteiger partial charge in [-0.1, -0.05) is 13.3 Å². The van der Waals surface area contributed by atoms with Crippen molar-refractivity contribution in [2.75, 3.05) is 18.5 Å². The summed E-state index contributed by atoms with van der Waals surface area (Å²) in [5.74, 6) is 2.86. The Hall–Kier alpha value is -1.09. The molecule has 2 saturated carbocycles. The molecule has 0 radical (unpaired) electrons. The first kappa shape index (κ1) is 13.9. The van der Waals surface area contributed by atoms with E-state index in [1.165, 1.54) is 31.4 Å². The molecule has 3 heteroatoms. The molecule has 0 saturated heterocycles. The van der Waals surface area contributed by atoms with Crippen LogP contribution in [-0.2, 0) is 0 Å². The van der Waals surface area contributed by atoms with Crippen molar-refractivity contribution in [2.24, 2.45) is 17.8 Å². The van der Waals surface area contributed by atoms with Crippen molar-refractivity contribution in [3.05, 3.63) is 24.0 Å². The molecule has 1 aromatic rings. The van der Waals surface area contributed by atoms with Crippen molar-refractivity contribution >= 4 is 5.69 Å². The van der Waals surface area contributed by atoms with Crippen molar-refractivity contribution in [1.29, 1.82) is 0 Å². The fraction of sp³-hybridized carbons (Fsp3) is 0.706. The third kappa shape index (κ3) is 2.69. The second-order valence-corrected chi connectivity index (χ2v) is 6.68. The van der Waals surface area contributed by atoms with Gasteiger partial charge in [-0.2, -0.15) is 0 Å². The Morgan fingerprint density at radius 1 is 1.35 bits per heavy atom. The summed E-state index contributed by atoms with van der Waals surface area (Å²) < 4.78 is 0. The molecule has 3 unspecified atom stereocenters. The lowest BCUT2D eigenvalue weighted by Gasteiger charge is -2.28. The van der Waals surface area contributed by atoms with Gasteiger partial charge in [0.1, 0.15) is 0 Å². The van der Waals surface area contributed by atoms with Crippen LogP contribution in [-0.4, -0.2) is 23.7 Å². The molecule has 2 bridgehead atoms. The lowest BCUT2D eigenvalue weighted by molar-refractivity contribution is 0.169. The molecule has 20 heavy (non-hydrogen) atoms. The maximum Gasteiger partial charge on any atom is 0.0957 e. The molecule has 3 rings (SSSR count). The van der Waals surface area contributed by atoms with E-state index in [4.69, 9.17) is 0 Å². The zero-order valence-electron chi connectivity index (χ0n) is 12.6. The zero-order valence-corrected chi connectivity index (χ0v) is 12.6. The van der Waals surface area contributed by atoms with Gasteiger partial charge in [-0.3, -0.25) is 4.98 Å². The van der Waals surface area contributed by atoms with Crippen LogP contribution in [0.15, 0.2) is 18.3 Å². The zero-order chi connectivity index (χ0) is 14.1. The van der Waals surface area contributed by atoms with Gasteiger partial charge < -0.3 is 10.0 Å². The van der Waals surface area contributed by atoms with Gasteiger partial charge in [-0.05, 0) is 55.6 Å². The Labute approximate surface area is 122 Å². The van der Waals surface area contributed by atoms with E-state index < -0.39 is 6.10 Å². The van der Waals surface area contributed by atoms with Gasteiger partial charge in [0.15, 0.2) is 0 Å². The third-order valence-corrected chi connectivity index (χ3v) is 5.33. The van der Waals surface area contributed by atoms with Crippen LogP contribution in [0.3, 0.4) is 0 Å². The lowest BCUT2D eigenvalue weighted by Crippen LogP contribution is -2.28. The van der Waals surface area contributed by atoms with E-state index in [0.29, 0.717) is 6.42 Å². The number of pyridine rings is 1. The third-order valence-electron chi connectivity index (χ3n) is 5.33. The Morgan fingerprint density at radius 2 is 2.20 bits per heavy atom. The van der Waals surface area contributed by atoms with Crippen LogP contribution in [0.5, 0.6) is 0 Å². The summed E-state index contributed by atoms with van der Waals surface area (Å²) in [6, 6.07) is 4.05. The minimum absolute atomic E-state index is 0.431. The van der Waals surface area contributed by atoms with Crippen LogP contribution in [0.2, 0.25) is 0 Å². The molecule has 110 valence electrons. The Morgan fingerprint density at radius 3 is 2.75 bits per heavy atom. The highest BCUT2D eigenvalue weighted by Crippen LogP contribution is 2.48. The number of aliphatic hydroxyl groups excluding tert-OH is 1. The van der Waals surface area contributed by atoms with Crippen LogP contribution in [0.25, 0.3) is 0 Å². The van der Waals surface area contributed by atoms with E-state index in [1.807, 2.05) is 19.2 Å². The second-order valence-electron chi connectivity index (χ2n) is 6.68. The summed E-state index contributed by atoms with van der Waals surface area (Å²) in [6.45, 7) is 3.13. The summed E-state index contributed by atoms with van der Waals surface area (Å²) in [4.78, 5) is 6.74. The van der Waals surface area contributed by atoms with Crippen LogP contribution < -0.4 is 4.90 Å². The Balaban J connectivity index is 1.61. The summed E-state index contributed by atoms with van der Waals surface area (Å²) in [6.07, 6.45) is 8.00. The van der Waals surface area contributed by atoms with E-state index >= 15 is 0 Å². The molecule has 0 spiro atoms.